The maximum atomic E-state index is 12.0. The summed E-state index contributed by atoms with van der Waals surface area (Å²) < 4.78 is 12.0. The lowest BCUT2D eigenvalue weighted by Gasteiger charge is -2.07. The summed E-state index contributed by atoms with van der Waals surface area (Å²) in [5.41, 5.74) is 1.56. The molecule has 0 aliphatic carbocycles. The number of aromatic nitrogens is 2. The summed E-state index contributed by atoms with van der Waals surface area (Å²) in [6, 6.07) is 9.18. The van der Waals surface area contributed by atoms with E-state index >= 15 is 0 Å². The van der Waals surface area contributed by atoms with E-state index in [1.165, 1.54) is 0 Å². The third kappa shape index (κ3) is 4.98. The van der Waals surface area contributed by atoms with Gasteiger partial charge in [-0.15, -0.1) is 0 Å². The van der Waals surface area contributed by atoms with Crippen LogP contribution in [0.5, 0.6) is 0 Å². The van der Waals surface area contributed by atoms with Crippen LogP contribution < -0.4 is 5.32 Å². The van der Waals surface area contributed by atoms with E-state index in [0.717, 1.165) is 12.1 Å². The molecule has 1 aromatic carbocycles. The molecule has 22 heavy (non-hydrogen) atoms. The minimum absolute atomic E-state index is 0.0797. The van der Waals surface area contributed by atoms with Gasteiger partial charge in [0.05, 0.1) is 18.9 Å². The monoisotopic (exact) mass is 303 g/mol. The SMILES string of the molecule is COCCOCCCNC(=O)c1ccc(-n2cccn2)cc1. The van der Waals surface area contributed by atoms with Gasteiger partial charge in [0.1, 0.15) is 0 Å². The highest BCUT2D eigenvalue weighted by molar-refractivity contribution is 5.94. The van der Waals surface area contributed by atoms with Gasteiger partial charge < -0.3 is 14.8 Å². The van der Waals surface area contributed by atoms with Crippen LogP contribution in [-0.2, 0) is 9.47 Å². The highest BCUT2D eigenvalue weighted by atomic mass is 16.5. The van der Waals surface area contributed by atoms with Crippen molar-refractivity contribution in [2.45, 2.75) is 6.42 Å². The molecule has 0 unspecified atom stereocenters. The van der Waals surface area contributed by atoms with Gasteiger partial charge in [-0.05, 0) is 36.8 Å². The minimum Gasteiger partial charge on any atom is -0.382 e. The van der Waals surface area contributed by atoms with Crippen molar-refractivity contribution in [2.75, 3.05) is 33.5 Å². The van der Waals surface area contributed by atoms with Crippen LogP contribution in [-0.4, -0.2) is 49.2 Å². The molecule has 0 fully saturated rings. The molecule has 0 saturated carbocycles. The Kier molecular flexibility index (Phi) is 6.60. The number of carbonyl (C=O) groups excluding carboxylic acids is 1. The summed E-state index contributed by atoms with van der Waals surface area (Å²) in [6.45, 7) is 2.38. The van der Waals surface area contributed by atoms with Crippen molar-refractivity contribution in [1.82, 2.24) is 15.1 Å². The predicted molar refractivity (Wildman–Crippen MR) is 83.2 cm³/mol. The number of hydrogen-bond acceptors (Lipinski definition) is 4. The lowest BCUT2D eigenvalue weighted by Crippen LogP contribution is -2.25. The van der Waals surface area contributed by atoms with Crippen LogP contribution in [0.1, 0.15) is 16.8 Å². The van der Waals surface area contributed by atoms with Gasteiger partial charge in [-0.3, -0.25) is 4.79 Å². The van der Waals surface area contributed by atoms with Crippen molar-refractivity contribution in [1.29, 1.82) is 0 Å². The molecule has 6 heteroatoms. The highest BCUT2D eigenvalue weighted by Crippen LogP contribution is 2.08. The average Bonchev–Trinajstić information content (AvgIpc) is 3.08. The van der Waals surface area contributed by atoms with E-state index in [1.54, 1.807) is 30.1 Å². The van der Waals surface area contributed by atoms with Crippen molar-refractivity contribution in [3.8, 4) is 5.69 Å². The molecular formula is C16H21N3O3. The Labute approximate surface area is 130 Å². The molecule has 1 heterocycles. The quantitative estimate of drug-likeness (QED) is 0.716. The van der Waals surface area contributed by atoms with Crippen LogP contribution in [0.2, 0.25) is 0 Å². The molecule has 6 nitrogen and oxygen atoms in total. The van der Waals surface area contributed by atoms with Crippen molar-refractivity contribution in [3.05, 3.63) is 48.3 Å². The smallest absolute Gasteiger partial charge is 0.251 e. The molecule has 1 amide bonds. The van der Waals surface area contributed by atoms with Crippen LogP contribution in [0.4, 0.5) is 0 Å². The molecule has 0 bridgehead atoms. The topological polar surface area (TPSA) is 65.4 Å². The van der Waals surface area contributed by atoms with Crippen molar-refractivity contribution in [3.63, 3.8) is 0 Å². The summed E-state index contributed by atoms with van der Waals surface area (Å²) in [5.74, 6) is -0.0797. The van der Waals surface area contributed by atoms with Gasteiger partial charge >= 0.3 is 0 Å². The number of ether oxygens (including phenoxy) is 2. The molecule has 118 valence electrons. The van der Waals surface area contributed by atoms with Gasteiger partial charge in [-0.25, -0.2) is 4.68 Å². The summed E-state index contributed by atoms with van der Waals surface area (Å²) in [5, 5.41) is 7.02. The molecule has 2 rings (SSSR count). The Morgan fingerprint density at radius 1 is 1.23 bits per heavy atom. The van der Waals surface area contributed by atoms with Crippen LogP contribution in [0.3, 0.4) is 0 Å². The van der Waals surface area contributed by atoms with Gasteiger partial charge in [-0.2, -0.15) is 5.10 Å². The molecule has 2 aromatic rings. The summed E-state index contributed by atoms with van der Waals surface area (Å²) in [7, 11) is 1.64. The van der Waals surface area contributed by atoms with Gasteiger partial charge in [0.2, 0.25) is 0 Å². The number of hydrogen-bond donors (Lipinski definition) is 1. The van der Waals surface area contributed by atoms with E-state index in [1.807, 2.05) is 24.4 Å². The van der Waals surface area contributed by atoms with Crippen molar-refractivity contribution < 1.29 is 14.3 Å². The second kappa shape index (κ2) is 8.96. The predicted octanol–water partition coefficient (Wildman–Crippen LogP) is 1.66. The maximum Gasteiger partial charge on any atom is 0.251 e. The first kappa shape index (κ1) is 16.2. The molecule has 1 aromatic heterocycles. The average molecular weight is 303 g/mol. The first-order valence-electron chi connectivity index (χ1n) is 7.26. The molecule has 0 aliphatic rings. The highest BCUT2D eigenvalue weighted by Gasteiger charge is 2.05. The van der Waals surface area contributed by atoms with Crippen LogP contribution in [0.25, 0.3) is 5.69 Å². The van der Waals surface area contributed by atoms with E-state index in [-0.39, 0.29) is 5.91 Å². The van der Waals surface area contributed by atoms with E-state index in [2.05, 4.69) is 10.4 Å². The summed E-state index contributed by atoms with van der Waals surface area (Å²) in [4.78, 5) is 12.0. The fourth-order valence-electron chi connectivity index (χ4n) is 1.91. The van der Waals surface area contributed by atoms with Crippen molar-refractivity contribution in [2.24, 2.45) is 0 Å². The number of benzene rings is 1. The standard InChI is InChI=1S/C16H21N3O3/c1-21-12-13-22-11-3-8-17-16(20)14-4-6-15(7-5-14)19-10-2-9-18-19/h2,4-7,9-10H,3,8,11-13H2,1H3,(H,17,20). The first-order chi connectivity index (χ1) is 10.8. The second-order valence-corrected chi connectivity index (χ2v) is 4.71. The largest absolute Gasteiger partial charge is 0.382 e. The Bertz CT molecular complexity index is 553. The number of methoxy groups -OCH3 is 1. The summed E-state index contributed by atoms with van der Waals surface area (Å²) >= 11 is 0. The normalized spacial score (nSPS) is 10.6. The molecule has 0 aliphatic heterocycles. The Morgan fingerprint density at radius 2 is 2.05 bits per heavy atom. The van der Waals surface area contributed by atoms with Gasteiger partial charge in [0.25, 0.3) is 5.91 Å². The fraction of sp³-hybridized carbons (Fsp3) is 0.375. The first-order valence-corrected chi connectivity index (χ1v) is 7.26. The molecular weight excluding hydrogens is 282 g/mol. The Morgan fingerprint density at radius 3 is 2.73 bits per heavy atom. The molecule has 1 N–H and O–H groups in total. The molecule has 0 saturated heterocycles. The maximum absolute atomic E-state index is 12.0. The number of amides is 1. The van der Waals surface area contributed by atoms with E-state index < -0.39 is 0 Å². The second-order valence-electron chi connectivity index (χ2n) is 4.71. The minimum atomic E-state index is -0.0797. The summed E-state index contributed by atoms with van der Waals surface area (Å²) in [6.07, 6.45) is 4.36. The number of nitrogens with one attached hydrogen (secondary N) is 1. The van der Waals surface area contributed by atoms with Gasteiger partial charge in [-0.1, -0.05) is 0 Å². The van der Waals surface area contributed by atoms with Crippen LogP contribution in [0.15, 0.2) is 42.7 Å². The lowest BCUT2D eigenvalue weighted by atomic mass is 10.2. The third-order valence-electron chi connectivity index (χ3n) is 3.08. The zero-order chi connectivity index (χ0) is 15.6. The Hall–Kier alpha value is -2.18. The van der Waals surface area contributed by atoms with Gasteiger partial charge in [0.15, 0.2) is 0 Å². The van der Waals surface area contributed by atoms with Crippen molar-refractivity contribution >= 4 is 5.91 Å². The third-order valence-corrected chi connectivity index (χ3v) is 3.08. The van der Waals surface area contributed by atoms with E-state index in [0.29, 0.717) is 31.9 Å². The fourth-order valence-corrected chi connectivity index (χ4v) is 1.91. The molecule has 0 spiro atoms. The zero-order valence-electron chi connectivity index (χ0n) is 12.7. The Balaban J connectivity index is 1.71. The molecule has 0 atom stereocenters. The lowest BCUT2D eigenvalue weighted by molar-refractivity contribution is 0.0688. The number of nitrogens with zero attached hydrogens (tertiary/aromatic N) is 2. The zero-order valence-corrected chi connectivity index (χ0v) is 12.7. The number of carbonyl (C=O) groups is 1. The van der Waals surface area contributed by atoms with Crippen LogP contribution in [0, 0.1) is 0 Å². The van der Waals surface area contributed by atoms with Crippen LogP contribution >= 0.6 is 0 Å². The molecule has 0 radical (unpaired) electrons. The number of rotatable bonds is 9. The van der Waals surface area contributed by atoms with E-state index in [9.17, 15) is 4.79 Å². The van der Waals surface area contributed by atoms with Gasteiger partial charge in [0, 0.05) is 38.2 Å². The van der Waals surface area contributed by atoms with E-state index in [4.69, 9.17) is 9.47 Å².